The van der Waals surface area contributed by atoms with Gasteiger partial charge in [-0.25, -0.2) is 18.6 Å². The molecule has 0 aliphatic rings. The first-order valence-corrected chi connectivity index (χ1v) is 5.28. The fourth-order valence-electron chi connectivity index (χ4n) is 1.24. The molecule has 0 spiro atoms. The third-order valence-corrected chi connectivity index (χ3v) is 2.68. The van der Waals surface area contributed by atoms with Crippen molar-refractivity contribution in [2.45, 2.75) is 0 Å². The van der Waals surface area contributed by atoms with Crippen molar-refractivity contribution in [2.75, 3.05) is 5.84 Å². The number of benzene rings is 1. The van der Waals surface area contributed by atoms with Crippen LogP contribution in [0, 0.1) is 16.4 Å². The van der Waals surface area contributed by atoms with Gasteiger partial charge in [0.15, 0.2) is 5.82 Å². The Balaban J connectivity index is 2.74. The van der Waals surface area contributed by atoms with E-state index in [0.717, 1.165) is 16.8 Å². The monoisotopic (exact) mass is 306 g/mol. The standard InChI is InChI=1S/C8H5BrF2N4S/c9-3-1-4(10)6(5(11)2-3)7-13-14-8(16)15(7)12/h1-2H,12H2,(H,14,16). The molecule has 0 unspecified atom stereocenters. The maximum Gasteiger partial charge on any atom is 0.214 e. The van der Waals surface area contributed by atoms with Gasteiger partial charge in [0.05, 0.1) is 5.56 Å². The molecule has 0 fully saturated rings. The second kappa shape index (κ2) is 3.95. The van der Waals surface area contributed by atoms with Crippen molar-refractivity contribution in [1.29, 1.82) is 0 Å². The second-order valence-electron chi connectivity index (χ2n) is 2.97. The Hall–Kier alpha value is -1.28. The number of aromatic nitrogens is 3. The highest BCUT2D eigenvalue weighted by molar-refractivity contribution is 9.10. The van der Waals surface area contributed by atoms with E-state index in [2.05, 4.69) is 26.1 Å². The van der Waals surface area contributed by atoms with Gasteiger partial charge in [-0.3, -0.25) is 0 Å². The van der Waals surface area contributed by atoms with Crippen LogP contribution in [0.3, 0.4) is 0 Å². The lowest BCUT2D eigenvalue weighted by Gasteiger charge is -2.04. The highest BCUT2D eigenvalue weighted by atomic mass is 79.9. The van der Waals surface area contributed by atoms with Crippen LogP contribution in [0.5, 0.6) is 0 Å². The predicted octanol–water partition coefficient (Wildman–Crippen LogP) is 2.36. The molecule has 1 aromatic heterocycles. The van der Waals surface area contributed by atoms with Crippen LogP contribution in [0.4, 0.5) is 8.78 Å². The third-order valence-electron chi connectivity index (χ3n) is 1.93. The molecular formula is C8H5BrF2N4S. The first-order chi connectivity index (χ1) is 7.50. The van der Waals surface area contributed by atoms with Gasteiger partial charge in [0, 0.05) is 4.47 Å². The number of halogens is 3. The fourth-order valence-corrected chi connectivity index (χ4v) is 1.77. The second-order valence-corrected chi connectivity index (χ2v) is 4.27. The number of nitrogen functional groups attached to an aromatic ring is 1. The number of nitrogens with zero attached hydrogens (tertiary/aromatic N) is 2. The van der Waals surface area contributed by atoms with Crippen molar-refractivity contribution >= 4 is 28.1 Å². The molecule has 8 heteroatoms. The molecule has 0 saturated carbocycles. The number of nitrogens with two attached hydrogens (primary N) is 1. The molecule has 0 amide bonds. The lowest BCUT2D eigenvalue weighted by atomic mass is 10.2. The van der Waals surface area contributed by atoms with Crippen molar-refractivity contribution in [3.63, 3.8) is 0 Å². The Kier molecular flexibility index (Phi) is 2.76. The van der Waals surface area contributed by atoms with E-state index in [1.54, 1.807) is 0 Å². The molecule has 84 valence electrons. The summed E-state index contributed by atoms with van der Waals surface area (Å²) in [5.41, 5.74) is -0.321. The van der Waals surface area contributed by atoms with Gasteiger partial charge in [-0.15, -0.1) is 0 Å². The molecule has 0 atom stereocenters. The average molecular weight is 307 g/mol. The summed E-state index contributed by atoms with van der Waals surface area (Å²) in [5, 5.41) is 6.01. The largest absolute Gasteiger partial charge is 0.335 e. The lowest BCUT2D eigenvalue weighted by molar-refractivity contribution is 0.585. The molecule has 0 aliphatic heterocycles. The molecule has 0 aliphatic carbocycles. The average Bonchev–Trinajstić information content (AvgIpc) is 2.48. The zero-order valence-corrected chi connectivity index (χ0v) is 10.1. The molecule has 4 nitrogen and oxygen atoms in total. The topological polar surface area (TPSA) is 59.6 Å². The summed E-state index contributed by atoms with van der Waals surface area (Å²) in [6.45, 7) is 0. The molecule has 2 aromatic rings. The van der Waals surface area contributed by atoms with E-state index < -0.39 is 11.6 Å². The number of hydrogen-bond donors (Lipinski definition) is 2. The summed E-state index contributed by atoms with van der Waals surface area (Å²) in [6.07, 6.45) is 0. The van der Waals surface area contributed by atoms with Crippen molar-refractivity contribution in [3.05, 3.63) is 33.0 Å². The molecule has 0 bridgehead atoms. The number of H-pyrrole nitrogens is 1. The van der Waals surface area contributed by atoms with E-state index in [9.17, 15) is 8.78 Å². The molecule has 16 heavy (non-hydrogen) atoms. The van der Waals surface area contributed by atoms with Gasteiger partial charge < -0.3 is 5.84 Å². The minimum Gasteiger partial charge on any atom is -0.335 e. The van der Waals surface area contributed by atoms with Gasteiger partial charge in [-0.1, -0.05) is 15.9 Å². The molecule has 0 saturated heterocycles. The summed E-state index contributed by atoms with van der Waals surface area (Å²) < 4.78 is 28.4. The van der Waals surface area contributed by atoms with Gasteiger partial charge in [-0.2, -0.15) is 5.10 Å². The minimum absolute atomic E-state index is 0.0803. The van der Waals surface area contributed by atoms with Crippen LogP contribution in [0.15, 0.2) is 16.6 Å². The van der Waals surface area contributed by atoms with Crippen LogP contribution >= 0.6 is 28.1 Å². The smallest absolute Gasteiger partial charge is 0.214 e. The lowest BCUT2D eigenvalue weighted by Crippen LogP contribution is -2.11. The van der Waals surface area contributed by atoms with Crippen molar-refractivity contribution in [2.24, 2.45) is 0 Å². The van der Waals surface area contributed by atoms with E-state index in [4.69, 9.17) is 18.1 Å². The maximum atomic E-state index is 13.6. The normalized spacial score (nSPS) is 10.7. The van der Waals surface area contributed by atoms with Crippen molar-refractivity contribution in [3.8, 4) is 11.4 Å². The first-order valence-electron chi connectivity index (χ1n) is 4.08. The number of rotatable bonds is 1. The number of nitrogens with one attached hydrogen (secondary N) is 1. The van der Waals surface area contributed by atoms with Crippen LogP contribution in [0.25, 0.3) is 11.4 Å². The van der Waals surface area contributed by atoms with Crippen LogP contribution in [-0.2, 0) is 0 Å². The van der Waals surface area contributed by atoms with Crippen LogP contribution < -0.4 is 5.84 Å². The zero-order valence-electron chi connectivity index (χ0n) is 7.67. The van der Waals surface area contributed by atoms with Crippen molar-refractivity contribution < 1.29 is 8.78 Å². The summed E-state index contributed by atoms with van der Waals surface area (Å²) in [7, 11) is 0. The highest BCUT2D eigenvalue weighted by Gasteiger charge is 2.17. The minimum atomic E-state index is -0.771. The van der Waals surface area contributed by atoms with Gasteiger partial charge in [0.25, 0.3) is 0 Å². The maximum absolute atomic E-state index is 13.6. The fraction of sp³-hybridized carbons (Fsp3) is 0. The third kappa shape index (κ3) is 1.74. The number of hydrogen-bond acceptors (Lipinski definition) is 3. The SMILES string of the molecule is Nn1c(-c2c(F)cc(Br)cc2F)n[nH]c1=S. The predicted molar refractivity (Wildman–Crippen MR) is 60.6 cm³/mol. The van der Waals surface area contributed by atoms with Crippen LogP contribution in [-0.4, -0.2) is 14.9 Å². The number of aromatic amines is 1. The summed E-state index contributed by atoms with van der Waals surface area (Å²) in [5.74, 6) is 3.85. The van der Waals surface area contributed by atoms with Gasteiger partial charge in [0.2, 0.25) is 4.77 Å². The molecule has 1 heterocycles. The summed E-state index contributed by atoms with van der Waals surface area (Å²) in [6, 6.07) is 2.24. The van der Waals surface area contributed by atoms with Gasteiger partial charge in [0.1, 0.15) is 11.6 Å². The Morgan fingerprint density at radius 3 is 2.38 bits per heavy atom. The quantitative estimate of drug-likeness (QED) is 0.628. The van der Waals surface area contributed by atoms with E-state index in [0.29, 0.717) is 4.47 Å². The summed E-state index contributed by atoms with van der Waals surface area (Å²) >= 11 is 7.73. The molecule has 2 rings (SSSR count). The molecule has 1 aromatic carbocycles. The van der Waals surface area contributed by atoms with E-state index in [-0.39, 0.29) is 16.2 Å². The van der Waals surface area contributed by atoms with E-state index in [1.807, 2.05) is 0 Å². The van der Waals surface area contributed by atoms with Crippen LogP contribution in [0.2, 0.25) is 0 Å². The molecular weight excluding hydrogens is 302 g/mol. The van der Waals surface area contributed by atoms with E-state index >= 15 is 0 Å². The van der Waals surface area contributed by atoms with E-state index in [1.165, 1.54) is 0 Å². The van der Waals surface area contributed by atoms with Crippen LogP contribution in [0.1, 0.15) is 0 Å². The van der Waals surface area contributed by atoms with Gasteiger partial charge in [-0.05, 0) is 24.4 Å². The Morgan fingerprint density at radius 2 is 1.94 bits per heavy atom. The first kappa shape index (κ1) is 11.2. The summed E-state index contributed by atoms with van der Waals surface area (Å²) in [4.78, 5) is 0. The molecule has 0 radical (unpaired) electrons. The van der Waals surface area contributed by atoms with Crippen molar-refractivity contribution in [1.82, 2.24) is 14.9 Å². The Bertz CT molecular complexity index is 583. The highest BCUT2D eigenvalue weighted by Crippen LogP contribution is 2.26. The Labute approximate surface area is 102 Å². The Morgan fingerprint density at radius 1 is 1.38 bits per heavy atom. The molecule has 3 N–H and O–H groups in total. The van der Waals surface area contributed by atoms with Gasteiger partial charge >= 0.3 is 0 Å². The zero-order chi connectivity index (χ0) is 11.9.